The Bertz CT molecular complexity index is 508. The lowest BCUT2D eigenvalue weighted by Gasteiger charge is -2.15. The van der Waals surface area contributed by atoms with Gasteiger partial charge in [-0.1, -0.05) is 37.0 Å². The maximum Gasteiger partial charge on any atom is 0.116 e. The van der Waals surface area contributed by atoms with Crippen molar-refractivity contribution in [2.75, 3.05) is 26.4 Å². The van der Waals surface area contributed by atoms with Crippen LogP contribution in [-0.2, 0) is 14.2 Å². The fourth-order valence-electron chi connectivity index (χ4n) is 2.05. The van der Waals surface area contributed by atoms with Crippen molar-refractivity contribution in [2.45, 2.75) is 39.7 Å². The van der Waals surface area contributed by atoms with Gasteiger partial charge in [0.1, 0.15) is 18.5 Å². The maximum absolute atomic E-state index is 8.89. The van der Waals surface area contributed by atoms with Gasteiger partial charge in [0.2, 0.25) is 0 Å². The predicted octanol–water partition coefficient (Wildman–Crippen LogP) is 4.06. The van der Waals surface area contributed by atoms with Crippen LogP contribution in [0.2, 0.25) is 0 Å². The highest BCUT2D eigenvalue weighted by Gasteiger charge is 2.24. The molecule has 1 heterocycles. The van der Waals surface area contributed by atoms with E-state index >= 15 is 0 Å². The number of hydrogen-bond donors (Lipinski definition) is 1. The zero-order valence-corrected chi connectivity index (χ0v) is 15.1. The molecular weight excluding hydrogens is 304 g/mol. The lowest BCUT2D eigenvalue weighted by Crippen LogP contribution is -2.05. The minimum atomic E-state index is 0.126. The molecule has 1 rings (SSSR count). The first-order valence-electron chi connectivity index (χ1n) is 8.41. The average molecular weight is 334 g/mol. The van der Waals surface area contributed by atoms with E-state index in [9.17, 15) is 0 Å². The lowest BCUT2D eigenvalue weighted by atomic mass is 10.1. The van der Waals surface area contributed by atoms with Gasteiger partial charge in [0.15, 0.2) is 0 Å². The summed E-state index contributed by atoms with van der Waals surface area (Å²) in [6.45, 7) is 11.7. The zero-order chi connectivity index (χ0) is 17.8. The zero-order valence-electron chi connectivity index (χ0n) is 15.1. The van der Waals surface area contributed by atoms with Crippen LogP contribution < -0.4 is 0 Å². The molecule has 1 N–H and O–H groups in total. The molecular formula is C20H30O4. The van der Waals surface area contributed by atoms with Crippen LogP contribution in [-0.4, -0.2) is 37.6 Å². The van der Waals surface area contributed by atoms with Crippen molar-refractivity contribution in [1.82, 2.24) is 0 Å². The molecule has 4 heteroatoms. The topological polar surface area (TPSA) is 51.2 Å². The minimum Gasteiger partial charge on any atom is -0.498 e. The van der Waals surface area contributed by atoms with Gasteiger partial charge in [0.25, 0.3) is 0 Å². The van der Waals surface area contributed by atoms with Crippen LogP contribution in [0, 0.1) is 0 Å². The molecule has 1 unspecified atom stereocenters. The van der Waals surface area contributed by atoms with Gasteiger partial charge >= 0.3 is 0 Å². The van der Waals surface area contributed by atoms with Gasteiger partial charge in [-0.25, -0.2) is 0 Å². The van der Waals surface area contributed by atoms with Crippen molar-refractivity contribution in [2.24, 2.45) is 0 Å². The second-order valence-electron chi connectivity index (χ2n) is 5.65. The summed E-state index contributed by atoms with van der Waals surface area (Å²) in [4.78, 5) is 0. The van der Waals surface area contributed by atoms with Crippen LogP contribution in [0.3, 0.4) is 0 Å². The summed E-state index contributed by atoms with van der Waals surface area (Å²) < 4.78 is 16.9. The first kappa shape index (κ1) is 20.3. The summed E-state index contributed by atoms with van der Waals surface area (Å²) in [7, 11) is 0. The van der Waals surface area contributed by atoms with Crippen LogP contribution in [0.25, 0.3) is 0 Å². The monoisotopic (exact) mass is 334 g/mol. The molecule has 4 nitrogen and oxygen atoms in total. The first-order valence-corrected chi connectivity index (χ1v) is 8.41. The number of allylic oxidation sites excluding steroid dienone is 8. The molecule has 1 saturated heterocycles. The van der Waals surface area contributed by atoms with Crippen molar-refractivity contribution in [3.05, 3.63) is 59.6 Å². The minimum absolute atomic E-state index is 0.126. The average Bonchev–Trinajstić information content (AvgIpc) is 3.38. The van der Waals surface area contributed by atoms with E-state index in [4.69, 9.17) is 19.3 Å². The van der Waals surface area contributed by atoms with Gasteiger partial charge in [0.05, 0.1) is 19.0 Å². The Hall–Kier alpha value is -1.78. The fraction of sp³-hybridized carbons (Fsp3) is 0.500. The Labute approximate surface area is 145 Å². The number of epoxide rings is 1. The molecule has 24 heavy (non-hydrogen) atoms. The molecule has 1 aliphatic rings. The standard InChI is InChI=1S/C20H30O4/c1-5-7-10-18(17(4)22-12-8-11-21)13-20(16(3)9-6-2)24-15-19-14-23-19/h5-7,9-10,19,21H,1,8,11-15H2,2-4H3/b9-6-,10-7-,18-17-,20-16+. The van der Waals surface area contributed by atoms with Gasteiger partial charge in [-0.05, 0) is 31.9 Å². The normalized spacial score (nSPS) is 19.2. The quantitative estimate of drug-likeness (QED) is 0.253. The van der Waals surface area contributed by atoms with E-state index in [1.807, 2.05) is 45.1 Å². The molecule has 0 aromatic carbocycles. The smallest absolute Gasteiger partial charge is 0.116 e. The number of hydrogen-bond acceptors (Lipinski definition) is 4. The molecule has 0 saturated carbocycles. The van der Waals surface area contributed by atoms with Crippen molar-refractivity contribution in [3.63, 3.8) is 0 Å². The molecule has 0 bridgehead atoms. The van der Waals surface area contributed by atoms with E-state index < -0.39 is 0 Å². The van der Waals surface area contributed by atoms with Crippen LogP contribution in [0.5, 0.6) is 0 Å². The lowest BCUT2D eigenvalue weighted by molar-refractivity contribution is 0.167. The SMILES string of the molecule is C=C/C=C\C(C/C(OCC1CO1)=C(C)\C=C/C)=C(/C)OCCCO. The summed E-state index contributed by atoms with van der Waals surface area (Å²) >= 11 is 0. The summed E-state index contributed by atoms with van der Waals surface area (Å²) in [5, 5.41) is 8.89. The van der Waals surface area contributed by atoms with Crippen molar-refractivity contribution < 1.29 is 19.3 Å². The molecule has 0 aromatic heterocycles. The van der Waals surface area contributed by atoms with Crippen LogP contribution in [0.1, 0.15) is 33.6 Å². The molecule has 1 fully saturated rings. The molecule has 1 aliphatic heterocycles. The summed E-state index contributed by atoms with van der Waals surface area (Å²) in [5.41, 5.74) is 2.12. The van der Waals surface area contributed by atoms with Crippen LogP contribution in [0.15, 0.2) is 59.6 Å². The largest absolute Gasteiger partial charge is 0.498 e. The summed E-state index contributed by atoms with van der Waals surface area (Å²) in [5.74, 6) is 1.75. The van der Waals surface area contributed by atoms with Crippen molar-refractivity contribution in [3.8, 4) is 0 Å². The van der Waals surface area contributed by atoms with E-state index in [0.717, 1.165) is 29.3 Å². The van der Waals surface area contributed by atoms with Gasteiger partial charge in [-0.3, -0.25) is 0 Å². The molecule has 0 amide bonds. The van der Waals surface area contributed by atoms with Crippen molar-refractivity contribution >= 4 is 0 Å². The molecule has 0 spiro atoms. The number of rotatable bonds is 12. The Kier molecular flexibility index (Phi) is 9.89. The second-order valence-corrected chi connectivity index (χ2v) is 5.65. The van der Waals surface area contributed by atoms with E-state index in [1.54, 1.807) is 6.08 Å². The summed E-state index contributed by atoms with van der Waals surface area (Å²) in [6, 6.07) is 0. The van der Waals surface area contributed by atoms with Crippen LogP contribution >= 0.6 is 0 Å². The highest BCUT2D eigenvalue weighted by molar-refractivity contribution is 5.31. The Balaban J connectivity index is 2.91. The highest BCUT2D eigenvalue weighted by atomic mass is 16.6. The molecule has 0 aromatic rings. The highest BCUT2D eigenvalue weighted by Crippen LogP contribution is 2.23. The van der Waals surface area contributed by atoms with Gasteiger partial charge in [0, 0.05) is 19.4 Å². The number of aliphatic hydroxyl groups excluding tert-OH is 1. The maximum atomic E-state index is 8.89. The Morgan fingerprint density at radius 1 is 1.29 bits per heavy atom. The third-order valence-corrected chi connectivity index (χ3v) is 3.56. The second kappa shape index (κ2) is 11.7. The molecule has 1 atom stereocenters. The van der Waals surface area contributed by atoms with E-state index in [0.29, 0.717) is 26.1 Å². The summed E-state index contributed by atoms with van der Waals surface area (Å²) in [6.07, 6.45) is 11.1. The third kappa shape index (κ3) is 8.18. The van der Waals surface area contributed by atoms with Crippen molar-refractivity contribution in [1.29, 1.82) is 0 Å². The number of ether oxygens (including phenoxy) is 3. The van der Waals surface area contributed by atoms with Gasteiger partial charge in [-0.2, -0.15) is 0 Å². The molecule has 0 radical (unpaired) electrons. The predicted molar refractivity (Wildman–Crippen MR) is 97.5 cm³/mol. The molecule has 0 aliphatic carbocycles. The molecule has 134 valence electrons. The van der Waals surface area contributed by atoms with E-state index in [1.165, 1.54) is 0 Å². The first-order chi connectivity index (χ1) is 11.6. The third-order valence-electron chi connectivity index (χ3n) is 3.56. The Morgan fingerprint density at radius 3 is 2.62 bits per heavy atom. The van der Waals surface area contributed by atoms with E-state index in [2.05, 4.69) is 6.58 Å². The Morgan fingerprint density at radius 2 is 2.04 bits per heavy atom. The van der Waals surface area contributed by atoms with Gasteiger partial charge < -0.3 is 19.3 Å². The van der Waals surface area contributed by atoms with Gasteiger partial charge in [-0.15, -0.1) is 0 Å². The number of aliphatic hydroxyl groups is 1. The fourth-order valence-corrected chi connectivity index (χ4v) is 2.05. The van der Waals surface area contributed by atoms with E-state index in [-0.39, 0.29) is 12.7 Å². The van der Waals surface area contributed by atoms with Crippen LogP contribution in [0.4, 0.5) is 0 Å².